The standard InChI is InChI=1S/C21H32N4O5S/c1-13(2)18(20(28)24-16(21(29)30)9-10-31-3)25-17(26)12-23-19(27)15(22)11-14-7-5-4-6-8-14/h4-8,13,15-16,18H,9-12,22H2,1-3H3,(H,23,27)(H,24,28)(H,25,26)(H,29,30). The van der Waals surface area contributed by atoms with Gasteiger partial charge in [0.15, 0.2) is 0 Å². The van der Waals surface area contributed by atoms with Gasteiger partial charge in [-0.1, -0.05) is 44.2 Å². The van der Waals surface area contributed by atoms with Crippen molar-refractivity contribution in [2.45, 2.75) is 44.8 Å². The van der Waals surface area contributed by atoms with Crippen LogP contribution in [0.25, 0.3) is 0 Å². The number of aliphatic carboxylic acids is 1. The Kier molecular flexibility index (Phi) is 11.7. The zero-order chi connectivity index (χ0) is 23.4. The molecule has 0 saturated heterocycles. The quantitative estimate of drug-likeness (QED) is 0.285. The van der Waals surface area contributed by atoms with Crippen LogP contribution in [-0.2, 0) is 25.6 Å². The van der Waals surface area contributed by atoms with Gasteiger partial charge < -0.3 is 26.8 Å². The molecule has 0 aromatic heterocycles. The maximum atomic E-state index is 12.5. The first-order chi connectivity index (χ1) is 14.6. The molecule has 10 heteroatoms. The summed E-state index contributed by atoms with van der Waals surface area (Å²) in [6, 6.07) is 6.49. The number of rotatable bonds is 13. The lowest BCUT2D eigenvalue weighted by molar-refractivity contribution is -0.142. The number of hydrogen-bond donors (Lipinski definition) is 5. The molecule has 31 heavy (non-hydrogen) atoms. The number of carbonyl (C=O) groups excluding carboxylic acids is 3. The third-order valence-electron chi connectivity index (χ3n) is 4.55. The second kappa shape index (κ2) is 13.7. The molecular weight excluding hydrogens is 420 g/mol. The fraction of sp³-hybridized carbons (Fsp3) is 0.524. The van der Waals surface area contributed by atoms with Crippen molar-refractivity contribution in [1.29, 1.82) is 0 Å². The van der Waals surface area contributed by atoms with E-state index in [0.29, 0.717) is 12.2 Å². The Morgan fingerprint density at radius 3 is 2.26 bits per heavy atom. The molecule has 0 aliphatic heterocycles. The van der Waals surface area contributed by atoms with E-state index >= 15 is 0 Å². The van der Waals surface area contributed by atoms with Crippen molar-refractivity contribution >= 4 is 35.5 Å². The number of hydrogen-bond acceptors (Lipinski definition) is 6. The van der Waals surface area contributed by atoms with Crippen molar-refractivity contribution in [3.05, 3.63) is 35.9 Å². The highest BCUT2D eigenvalue weighted by Crippen LogP contribution is 2.06. The zero-order valence-electron chi connectivity index (χ0n) is 18.1. The monoisotopic (exact) mass is 452 g/mol. The number of benzene rings is 1. The Labute approximate surface area is 186 Å². The van der Waals surface area contributed by atoms with Gasteiger partial charge >= 0.3 is 5.97 Å². The van der Waals surface area contributed by atoms with E-state index in [4.69, 9.17) is 5.73 Å². The van der Waals surface area contributed by atoms with Gasteiger partial charge in [-0.2, -0.15) is 11.8 Å². The van der Waals surface area contributed by atoms with Crippen molar-refractivity contribution in [1.82, 2.24) is 16.0 Å². The second-order valence-electron chi connectivity index (χ2n) is 7.48. The molecule has 0 bridgehead atoms. The van der Waals surface area contributed by atoms with E-state index in [1.807, 2.05) is 36.6 Å². The lowest BCUT2D eigenvalue weighted by Gasteiger charge is -2.24. The van der Waals surface area contributed by atoms with Crippen molar-refractivity contribution in [3.63, 3.8) is 0 Å². The van der Waals surface area contributed by atoms with Crippen molar-refractivity contribution < 1.29 is 24.3 Å². The minimum absolute atomic E-state index is 0.274. The molecule has 0 aliphatic carbocycles. The Morgan fingerprint density at radius 2 is 1.71 bits per heavy atom. The number of nitrogens with two attached hydrogens (primary N) is 1. The average molecular weight is 453 g/mol. The van der Waals surface area contributed by atoms with E-state index in [2.05, 4.69) is 16.0 Å². The molecule has 0 spiro atoms. The van der Waals surface area contributed by atoms with Crippen molar-refractivity contribution in [2.24, 2.45) is 11.7 Å². The van der Waals surface area contributed by atoms with Crippen LogP contribution in [-0.4, -0.2) is 65.5 Å². The molecule has 0 fully saturated rings. The largest absolute Gasteiger partial charge is 0.480 e. The number of carboxylic acid groups (broad SMARTS) is 1. The summed E-state index contributed by atoms with van der Waals surface area (Å²) >= 11 is 1.48. The molecule has 3 atom stereocenters. The molecule has 0 aliphatic rings. The van der Waals surface area contributed by atoms with Gasteiger partial charge in [0, 0.05) is 0 Å². The molecule has 172 valence electrons. The fourth-order valence-corrected chi connectivity index (χ4v) is 3.24. The number of thioether (sulfide) groups is 1. The third kappa shape index (κ3) is 9.84. The predicted octanol–water partition coefficient (Wildman–Crippen LogP) is 0.136. The van der Waals surface area contributed by atoms with Gasteiger partial charge in [-0.05, 0) is 36.3 Å². The van der Waals surface area contributed by atoms with Crippen LogP contribution >= 0.6 is 11.8 Å². The van der Waals surface area contributed by atoms with E-state index in [1.54, 1.807) is 13.8 Å². The Hall–Kier alpha value is -2.59. The molecule has 1 aromatic carbocycles. The summed E-state index contributed by atoms with van der Waals surface area (Å²) in [5.41, 5.74) is 6.79. The summed E-state index contributed by atoms with van der Waals surface area (Å²) in [5.74, 6) is -2.46. The van der Waals surface area contributed by atoms with Crippen LogP contribution in [0.1, 0.15) is 25.8 Å². The van der Waals surface area contributed by atoms with Crippen molar-refractivity contribution in [3.8, 4) is 0 Å². The van der Waals surface area contributed by atoms with E-state index in [0.717, 1.165) is 5.56 Å². The summed E-state index contributed by atoms with van der Waals surface area (Å²) in [6.07, 6.45) is 2.45. The number of carboxylic acids is 1. The van der Waals surface area contributed by atoms with E-state index < -0.39 is 41.8 Å². The summed E-state index contributed by atoms with van der Waals surface area (Å²) in [7, 11) is 0. The van der Waals surface area contributed by atoms with Gasteiger partial charge in [0.25, 0.3) is 0 Å². The summed E-state index contributed by atoms with van der Waals surface area (Å²) in [6.45, 7) is 3.12. The second-order valence-corrected chi connectivity index (χ2v) is 8.47. The molecule has 3 unspecified atom stereocenters. The summed E-state index contributed by atoms with van der Waals surface area (Å²) in [4.78, 5) is 48.3. The topological polar surface area (TPSA) is 151 Å². The van der Waals surface area contributed by atoms with E-state index in [-0.39, 0.29) is 18.9 Å². The smallest absolute Gasteiger partial charge is 0.326 e. The first-order valence-corrected chi connectivity index (χ1v) is 11.4. The van der Waals surface area contributed by atoms with Gasteiger partial charge in [-0.15, -0.1) is 0 Å². The summed E-state index contributed by atoms with van der Waals surface area (Å²) < 4.78 is 0. The summed E-state index contributed by atoms with van der Waals surface area (Å²) in [5, 5.41) is 16.8. The normalized spacial score (nSPS) is 13.7. The van der Waals surface area contributed by atoms with Crippen LogP contribution < -0.4 is 21.7 Å². The molecule has 0 saturated carbocycles. The van der Waals surface area contributed by atoms with Crippen LogP contribution in [0.2, 0.25) is 0 Å². The number of nitrogens with one attached hydrogen (secondary N) is 3. The van der Waals surface area contributed by atoms with Crippen LogP contribution in [0.5, 0.6) is 0 Å². The highest BCUT2D eigenvalue weighted by molar-refractivity contribution is 7.98. The molecule has 9 nitrogen and oxygen atoms in total. The van der Waals surface area contributed by atoms with Gasteiger partial charge in [-0.25, -0.2) is 4.79 Å². The first kappa shape index (κ1) is 26.4. The van der Waals surface area contributed by atoms with Crippen molar-refractivity contribution in [2.75, 3.05) is 18.6 Å². The highest BCUT2D eigenvalue weighted by Gasteiger charge is 2.28. The fourth-order valence-electron chi connectivity index (χ4n) is 2.77. The van der Waals surface area contributed by atoms with Crippen LogP contribution in [0, 0.1) is 5.92 Å². The molecular formula is C21H32N4O5S. The Balaban J connectivity index is 2.57. The minimum atomic E-state index is -1.13. The van der Waals surface area contributed by atoms with Gasteiger partial charge in [-0.3, -0.25) is 14.4 Å². The molecule has 1 rings (SSSR count). The lowest BCUT2D eigenvalue weighted by Crippen LogP contribution is -2.55. The Morgan fingerprint density at radius 1 is 1.06 bits per heavy atom. The van der Waals surface area contributed by atoms with Crippen LogP contribution in [0.15, 0.2) is 30.3 Å². The molecule has 0 radical (unpaired) electrons. The molecule has 3 amide bonds. The maximum absolute atomic E-state index is 12.5. The van der Waals surface area contributed by atoms with Crippen LogP contribution in [0.4, 0.5) is 0 Å². The van der Waals surface area contributed by atoms with Crippen LogP contribution in [0.3, 0.4) is 0 Å². The Bertz CT molecular complexity index is 745. The molecule has 1 aromatic rings. The van der Waals surface area contributed by atoms with Gasteiger partial charge in [0.05, 0.1) is 12.6 Å². The minimum Gasteiger partial charge on any atom is -0.480 e. The molecule has 0 heterocycles. The van der Waals surface area contributed by atoms with Gasteiger partial charge in [0.2, 0.25) is 17.7 Å². The molecule has 6 N–H and O–H groups in total. The van der Waals surface area contributed by atoms with E-state index in [9.17, 15) is 24.3 Å². The maximum Gasteiger partial charge on any atom is 0.326 e. The predicted molar refractivity (Wildman–Crippen MR) is 120 cm³/mol. The van der Waals surface area contributed by atoms with E-state index in [1.165, 1.54) is 11.8 Å². The zero-order valence-corrected chi connectivity index (χ0v) is 18.9. The van der Waals surface area contributed by atoms with Gasteiger partial charge in [0.1, 0.15) is 12.1 Å². The third-order valence-corrected chi connectivity index (χ3v) is 5.19. The first-order valence-electron chi connectivity index (χ1n) is 10.0. The SMILES string of the molecule is CSCCC(NC(=O)C(NC(=O)CNC(=O)C(N)Cc1ccccc1)C(C)C)C(=O)O. The lowest BCUT2D eigenvalue weighted by atomic mass is 10.0. The number of carbonyl (C=O) groups is 4. The average Bonchev–Trinajstić information content (AvgIpc) is 2.73. The number of amides is 3. The highest BCUT2D eigenvalue weighted by atomic mass is 32.2.